The first-order chi connectivity index (χ1) is 6.56. The Hall–Kier alpha value is -0.653. The third-order valence-electron chi connectivity index (χ3n) is 2.09. The molecule has 0 saturated carbocycles. The van der Waals surface area contributed by atoms with Crippen LogP contribution in [0.2, 0.25) is 5.54 Å². The third-order valence-corrected chi connectivity index (χ3v) is 4.38. The summed E-state index contributed by atoms with van der Waals surface area (Å²) in [4.78, 5) is 10.6. The summed E-state index contributed by atoms with van der Waals surface area (Å²) in [5.41, 5.74) is 0.463. The van der Waals surface area contributed by atoms with Gasteiger partial charge in [-0.05, 0) is 13.3 Å². The van der Waals surface area contributed by atoms with E-state index in [4.69, 9.17) is 14.0 Å². The van der Waals surface area contributed by atoms with E-state index in [2.05, 4.69) is 0 Å². The van der Waals surface area contributed by atoms with E-state index in [1.54, 1.807) is 27.2 Å². The summed E-state index contributed by atoms with van der Waals surface area (Å²) in [5.74, 6) is -0.886. The highest BCUT2D eigenvalue weighted by atomic mass is 28.3. The lowest BCUT2D eigenvalue weighted by Gasteiger charge is -2.18. The standard InChI is InChI=1S/C9H18O4Si/c1-5-8(14(12-3)13-4)6-7(2)9(10)11/h6,8,14H,5H2,1-4H3,(H,10,11). The number of allylic oxidation sites excluding steroid dienone is 1. The Labute approximate surface area is 86.4 Å². The summed E-state index contributed by atoms with van der Waals surface area (Å²) in [5, 5.41) is 8.72. The molecule has 1 N–H and O–H groups in total. The fourth-order valence-corrected chi connectivity index (χ4v) is 2.95. The highest BCUT2D eigenvalue weighted by molar-refractivity contribution is 6.47. The van der Waals surface area contributed by atoms with Gasteiger partial charge >= 0.3 is 15.3 Å². The zero-order valence-electron chi connectivity index (χ0n) is 9.11. The molecule has 82 valence electrons. The van der Waals surface area contributed by atoms with Crippen molar-refractivity contribution in [1.29, 1.82) is 0 Å². The van der Waals surface area contributed by atoms with E-state index in [-0.39, 0.29) is 5.54 Å². The summed E-state index contributed by atoms with van der Waals surface area (Å²) < 4.78 is 10.4. The van der Waals surface area contributed by atoms with Crippen LogP contribution >= 0.6 is 0 Å². The lowest BCUT2D eigenvalue weighted by Crippen LogP contribution is -2.25. The zero-order chi connectivity index (χ0) is 11.1. The van der Waals surface area contributed by atoms with Crippen molar-refractivity contribution >= 4 is 15.3 Å². The van der Waals surface area contributed by atoms with E-state index in [1.165, 1.54) is 0 Å². The Balaban J connectivity index is 4.55. The molecule has 0 saturated heterocycles. The highest BCUT2D eigenvalue weighted by Gasteiger charge is 2.21. The van der Waals surface area contributed by atoms with Gasteiger partial charge in [0.1, 0.15) is 0 Å². The number of carboxylic acid groups (broad SMARTS) is 1. The number of hydrogen-bond donors (Lipinski definition) is 1. The van der Waals surface area contributed by atoms with Crippen molar-refractivity contribution < 1.29 is 18.8 Å². The second-order valence-corrected chi connectivity index (χ2v) is 5.60. The van der Waals surface area contributed by atoms with Gasteiger partial charge in [0.2, 0.25) is 0 Å². The van der Waals surface area contributed by atoms with E-state index >= 15 is 0 Å². The van der Waals surface area contributed by atoms with Crippen LogP contribution in [0, 0.1) is 0 Å². The van der Waals surface area contributed by atoms with E-state index in [9.17, 15) is 4.79 Å². The first-order valence-electron chi connectivity index (χ1n) is 4.54. The molecule has 0 aromatic rings. The minimum atomic E-state index is -1.74. The van der Waals surface area contributed by atoms with Gasteiger partial charge in [-0.15, -0.1) is 0 Å². The maximum atomic E-state index is 10.6. The smallest absolute Gasteiger partial charge is 0.330 e. The fourth-order valence-electron chi connectivity index (χ4n) is 1.23. The molecule has 0 spiro atoms. The molecule has 1 atom stereocenters. The molecule has 0 amide bonds. The lowest BCUT2D eigenvalue weighted by atomic mass is 10.2. The van der Waals surface area contributed by atoms with Crippen LogP contribution < -0.4 is 0 Å². The minimum Gasteiger partial charge on any atom is -0.478 e. The molecule has 0 aliphatic carbocycles. The van der Waals surface area contributed by atoms with Crippen LogP contribution in [-0.2, 0) is 13.6 Å². The predicted octanol–water partition coefficient (Wildman–Crippen LogP) is 1.31. The van der Waals surface area contributed by atoms with Crippen molar-refractivity contribution in [2.45, 2.75) is 25.8 Å². The largest absolute Gasteiger partial charge is 0.478 e. The highest BCUT2D eigenvalue weighted by Crippen LogP contribution is 2.19. The van der Waals surface area contributed by atoms with Crippen molar-refractivity contribution in [2.24, 2.45) is 0 Å². The van der Waals surface area contributed by atoms with Crippen LogP contribution in [0.4, 0.5) is 0 Å². The Morgan fingerprint density at radius 3 is 2.29 bits per heavy atom. The lowest BCUT2D eigenvalue weighted by molar-refractivity contribution is -0.132. The fraction of sp³-hybridized carbons (Fsp3) is 0.667. The second-order valence-electron chi connectivity index (χ2n) is 3.07. The molecule has 5 heteroatoms. The Morgan fingerprint density at radius 1 is 1.50 bits per heavy atom. The van der Waals surface area contributed by atoms with Crippen molar-refractivity contribution in [3.05, 3.63) is 11.6 Å². The molecule has 14 heavy (non-hydrogen) atoms. The molecule has 0 fully saturated rings. The molecule has 1 unspecified atom stereocenters. The SMILES string of the molecule is CCC(C=C(C)C(=O)O)[SiH](OC)OC. The van der Waals surface area contributed by atoms with Crippen LogP contribution in [0.15, 0.2) is 11.6 Å². The molecule has 0 aromatic carbocycles. The summed E-state index contributed by atoms with van der Waals surface area (Å²) in [7, 11) is 1.46. The number of aliphatic carboxylic acids is 1. The summed E-state index contributed by atoms with van der Waals surface area (Å²) in [6.45, 7) is 3.58. The average molecular weight is 218 g/mol. The van der Waals surface area contributed by atoms with Crippen molar-refractivity contribution in [1.82, 2.24) is 0 Å². The van der Waals surface area contributed by atoms with Crippen LogP contribution in [0.5, 0.6) is 0 Å². The van der Waals surface area contributed by atoms with Crippen LogP contribution in [0.25, 0.3) is 0 Å². The molecule has 0 aliphatic heterocycles. The molecular weight excluding hydrogens is 200 g/mol. The summed E-state index contributed by atoms with van der Waals surface area (Å²) in [6.07, 6.45) is 2.56. The van der Waals surface area contributed by atoms with Crippen LogP contribution in [-0.4, -0.2) is 34.6 Å². The van der Waals surface area contributed by atoms with Crippen molar-refractivity contribution in [3.8, 4) is 0 Å². The number of carbonyl (C=O) groups is 1. The minimum absolute atomic E-state index is 0.112. The zero-order valence-corrected chi connectivity index (χ0v) is 10.3. The molecular formula is C9H18O4Si. The molecule has 0 aliphatic rings. The normalized spacial score (nSPS) is 14.5. The average Bonchev–Trinajstić information content (AvgIpc) is 2.17. The van der Waals surface area contributed by atoms with Crippen molar-refractivity contribution in [2.75, 3.05) is 14.2 Å². The molecule has 0 aromatic heterocycles. The Bertz CT molecular complexity index is 211. The van der Waals surface area contributed by atoms with Gasteiger partial charge in [-0.3, -0.25) is 0 Å². The summed E-state index contributed by atoms with van der Waals surface area (Å²) >= 11 is 0. The predicted molar refractivity (Wildman–Crippen MR) is 56.6 cm³/mol. The number of rotatable bonds is 6. The van der Waals surface area contributed by atoms with Gasteiger partial charge in [0.25, 0.3) is 0 Å². The molecule has 0 bridgehead atoms. The van der Waals surface area contributed by atoms with Gasteiger partial charge in [0, 0.05) is 25.3 Å². The second kappa shape index (κ2) is 6.75. The van der Waals surface area contributed by atoms with Crippen LogP contribution in [0.3, 0.4) is 0 Å². The number of hydrogen-bond acceptors (Lipinski definition) is 3. The quantitative estimate of drug-likeness (QED) is 0.539. The van der Waals surface area contributed by atoms with Gasteiger partial charge in [-0.25, -0.2) is 4.79 Å². The topological polar surface area (TPSA) is 55.8 Å². The van der Waals surface area contributed by atoms with E-state index in [1.807, 2.05) is 6.92 Å². The summed E-state index contributed by atoms with van der Waals surface area (Å²) in [6, 6.07) is 0. The Morgan fingerprint density at radius 2 is 2.00 bits per heavy atom. The van der Waals surface area contributed by atoms with E-state index in [0.717, 1.165) is 6.42 Å². The van der Waals surface area contributed by atoms with E-state index < -0.39 is 15.3 Å². The van der Waals surface area contributed by atoms with E-state index in [0.29, 0.717) is 5.57 Å². The van der Waals surface area contributed by atoms with Gasteiger partial charge < -0.3 is 14.0 Å². The molecule has 0 radical (unpaired) electrons. The molecule has 4 nitrogen and oxygen atoms in total. The van der Waals surface area contributed by atoms with Gasteiger partial charge in [0.15, 0.2) is 0 Å². The van der Waals surface area contributed by atoms with Crippen LogP contribution in [0.1, 0.15) is 20.3 Å². The van der Waals surface area contributed by atoms with Crippen molar-refractivity contribution in [3.63, 3.8) is 0 Å². The number of carboxylic acids is 1. The first-order valence-corrected chi connectivity index (χ1v) is 6.15. The Kier molecular flexibility index (Phi) is 6.43. The molecule has 0 heterocycles. The van der Waals surface area contributed by atoms with Gasteiger partial charge in [-0.2, -0.15) is 0 Å². The monoisotopic (exact) mass is 218 g/mol. The van der Waals surface area contributed by atoms with Gasteiger partial charge in [-0.1, -0.05) is 13.0 Å². The maximum Gasteiger partial charge on any atom is 0.330 e. The van der Waals surface area contributed by atoms with Gasteiger partial charge in [0.05, 0.1) is 0 Å². The maximum absolute atomic E-state index is 10.6. The third kappa shape index (κ3) is 4.04. The first kappa shape index (κ1) is 13.3. The molecule has 0 rings (SSSR count).